The maximum absolute atomic E-state index is 13.9. The van der Waals surface area contributed by atoms with E-state index in [2.05, 4.69) is 5.32 Å². The van der Waals surface area contributed by atoms with Gasteiger partial charge < -0.3 is 10.2 Å². The van der Waals surface area contributed by atoms with Crippen LogP contribution in [-0.4, -0.2) is 44.8 Å². The van der Waals surface area contributed by atoms with Crippen molar-refractivity contribution < 1.29 is 18.0 Å². The monoisotopic (exact) mass is 561 g/mol. The molecule has 7 nitrogen and oxygen atoms in total. The number of benzene rings is 3. The van der Waals surface area contributed by atoms with E-state index in [0.29, 0.717) is 22.0 Å². The Hall–Kier alpha value is -3.07. The first-order valence-corrected chi connectivity index (χ1v) is 13.9. The molecule has 0 spiro atoms. The quantitative estimate of drug-likeness (QED) is 0.375. The number of nitrogens with one attached hydrogen (secondary N) is 1. The molecule has 0 fully saturated rings. The molecule has 3 aromatic carbocycles. The molecule has 0 aliphatic carbocycles. The molecule has 0 saturated carbocycles. The molecule has 0 unspecified atom stereocenters. The standard InChI is InChI=1S/C27H29Cl2N3O4S/c1-4-25(27(34)30-3)31(17-20-10-8-9-13-23(20)28)26(33)18-32(21-15-14-19(2)24(29)16-21)37(35,36)22-11-6-5-7-12-22/h5-16,25H,4,17-18H2,1-3H3,(H,30,34)/t25-/m1/s1. The van der Waals surface area contributed by atoms with Crippen LogP contribution in [0.25, 0.3) is 0 Å². The first-order chi connectivity index (χ1) is 17.6. The molecule has 2 amide bonds. The Labute approximate surface area is 228 Å². The summed E-state index contributed by atoms with van der Waals surface area (Å²) in [6, 6.07) is 18.8. The number of hydrogen-bond donors (Lipinski definition) is 1. The first kappa shape index (κ1) is 28.5. The molecule has 0 aromatic heterocycles. The van der Waals surface area contributed by atoms with Gasteiger partial charge in [-0.1, -0.05) is 72.6 Å². The Kier molecular flexibility index (Phi) is 9.59. The highest BCUT2D eigenvalue weighted by atomic mass is 35.5. The predicted octanol–water partition coefficient (Wildman–Crippen LogP) is 5.05. The summed E-state index contributed by atoms with van der Waals surface area (Å²) in [7, 11) is -2.66. The third-order valence-electron chi connectivity index (χ3n) is 5.98. The molecule has 10 heteroatoms. The van der Waals surface area contributed by atoms with Gasteiger partial charge in [0.05, 0.1) is 10.6 Å². The van der Waals surface area contributed by atoms with Crippen LogP contribution in [0.1, 0.15) is 24.5 Å². The number of aryl methyl sites for hydroxylation is 1. The highest BCUT2D eigenvalue weighted by molar-refractivity contribution is 7.92. The van der Waals surface area contributed by atoms with Crippen molar-refractivity contribution in [3.05, 3.63) is 94.0 Å². The zero-order valence-corrected chi connectivity index (χ0v) is 23.1. The Morgan fingerprint density at radius 2 is 1.59 bits per heavy atom. The van der Waals surface area contributed by atoms with Gasteiger partial charge in [-0.25, -0.2) is 8.42 Å². The van der Waals surface area contributed by atoms with Gasteiger partial charge in [-0.2, -0.15) is 0 Å². The highest BCUT2D eigenvalue weighted by Crippen LogP contribution is 2.29. The second kappa shape index (κ2) is 12.4. The Balaban J connectivity index is 2.09. The number of rotatable bonds is 10. The average Bonchev–Trinajstić information content (AvgIpc) is 2.90. The van der Waals surface area contributed by atoms with Crippen molar-refractivity contribution >= 4 is 50.7 Å². The summed E-state index contributed by atoms with van der Waals surface area (Å²) in [4.78, 5) is 28.0. The lowest BCUT2D eigenvalue weighted by molar-refractivity contribution is -0.140. The van der Waals surface area contributed by atoms with Crippen molar-refractivity contribution in [3.8, 4) is 0 Å². The van der Waals surface area contributed by atoms with Gasteiger partial charge in [0.25, 0.3) is 10.0 Å². The van der Waals surface area contributed by atoms with E-state index in [9.17, 15) is 18.0 Å². The van der Waals surface area contributed by atoms with Crippen molar-refractivity contribution in [3.63, 3.8) is 0 Å². The average molecular weight is 563 g/mol. The molecular weight excluding hydrogens is 533 g/mol. The summed E-state index contributed by atoms with van der Waals surface area (Å²) in [5.41, 5.74) is 1.63. The van der Waals surface area contributed by atoms with Gasteiger partial charge >= 0.3 is 0 Å². The first-order valence-electron chi connectivity index (χ1n) is 11.7. The lowest BCUT2D eigenvalue weighted by Crippen LogP contribution is -2.51. The number of hydrogen-bond acceptors (Lipinski definition) is 4. The third-order valence-corrected chi connectivity index (χ3v) is 8.55. The van der Waals surface area contributed by atoms with Crippen LogP contribution in [0.2, 0.25) is 10.0 Å². The van der Waals surface area contributed by atoms with E-state index < -0.39 is 28.5 Å². The zero-order valence-electron chi connectivity index (χ0n) is 20.8. The van der Waals surface area contributed by atoms with Crippen LogP contribution in [0.3, 0.4) is 0 Å². The number of carbonyl (C=O) groups is 2. The third kappa shape index (κ3) is 6.63. The zero-order chi connectivity index (χ0) is 27.2. The van der Waals surface area contributed by atoms with E-state index in [-0.39, 0.29) is 23.0 Å². The smallest absolute Gasteiger partial charge is 0.264 e. The van der Waals surface area contributed by atoms with Crippen LogP contribution >= 0.6 is 23.2 Å². The Morgan fingerprint density at radius 3 is 2.19 bits per heavy atom. The van der Waals surface area contributed by atoms with Crippen molar-refractivity contribution in [2.45, 2.75) is 37.8 Å². The van der Waals surface area contributed by atoms with Gasteiger partial charge in [-0.05, 0) is 54.8 Å². The molecule has 0 heterocycles. The van der Waals surface area contributed by atoms with Gasteiger partial charge in [-0.15, -0.1) is 0 Å². The van der Waals surface area contributed by atoms with E-state index in [0.717, 1.165) is 9.87 Å². The minimum absolute atomic E-state index is 0.0236. The Bertz CT molecular complexity index is 1370. The molecule has 37 heavy (non-hydrogen) atoms. The van der Waals surface area contributed by atoms with E-state index in [1.165, 1.54) is 30.1 Å². The molecular formula is C27H29Cl2N3O4S. The molecule has 1 N–H and O–H groups in total. The summed E-state index contributed by atoms with van der Waals surface area (Å²) >= 11 is 12.7. The second-order valence-electron chi connectivity index (χ2n) is 8.41. The fraction of sp³-hybridized carbons (Fsp3) is 0.259. The number of nitrogens with zero attached hydrogens (tertiary/aromatic N) is 2. The number of likely N-dealkylation sites (N-methyl/N-ethyl adjacent to an activating group) is 1. The maximum Gasteiger partial charge on any atom is 0.264 e. The Morgan fingerprint density at radius 1 is 0.946 bits per heavy atom. The van der Waals surface area contributed by atoms with Crippen molar-refractivity contribution in [1.29, 1.82) is 0 Å². The van der Waals surface area contributed by atoms with Gasteiger partial charge in [0.15, 0.2) is 0 Å². The molecule has 196 valence electrons. The van der Waals surface area contributed by atoms with Gasteiger partial charge in [0.2, 0.25) is 11.8 Å². The van der Waals surface area contributed by atoms with Crippen molar-refractivity contribution in [2.75, 3.05) is 17.9 Å². The van der Waals surface area contributed by atoms with Gasteiger partial charge in [0, 0.05) is 23.6 Å². The van der Waals surface area contributed by atoms with Crippen LogP contribution in [-0.2, 0) is 26.2 Å². The fourth-order valence-electron chi connectivity index (χ4n) is 3.88. The molecule has 0 saturated heterocycles. The predicted molar refractivity (Wildman–Crippen MR) is 147 cm³/mol. The summed E-state index contributed by atoms with van der Waals surface area (Å²) in [5, 5.41) is 3.39. The van der Waals surface area contributed by atoms with Crippen molar-refractivity contribution in [1.82, 2.24) is 10.2 Å². The second-order valence-corrected chi connectivity index (χ2v) is 11.1. The molecule has 0 radical (unpaired) electrons. The molecule has 0 aliphatic heterocycles. The lowest BCUT2D eigenvalue weighted by Gasteiger charge is -2.33. The minimum atomic E-state index is -4.15. The summed E-state index contributed by atoms with van der Waals surface area (Å²) in [6.45, 7) is 3.06. The van der Waals surface area contributed by atoms with E-state index >= 15 is 0 Å². The van der Waals surface area contributed by atoms with Crippen molar-refractivity contribution in [2.24, 2.45) is 0 Å². The summed E-state index contributed by atoms with van der Waals surface area (Å²) in [6.07, 6.45) is 0.317. The number of carbonyl (C=O) groups excluding carboxylic acids is 2. The van der Waals surface area contributed by atoms with Crippen LogP contribution in [0.5, 0.6) is 0 Å². The number of halogens is 2. The normalized spacial score (nSPS) is 12.0. The van der Waals surface area contributed by atoms with E-state index in [1.807, 2.05) is 0 Å². The largest absolute Gasteiger partial charge is 0.357 e. The summed E-state index contributed by atoms with van der Waals surface area (Å²) in [5.74, 6) is -0.926. The fourth-order valence-corrected chi connectivity index (χ4v) is 5.68. The molecule has 1 atom stereocenters. The highest BCUT2D eigenvalue weighted by Gasteiger charge is 2.33. The molecule has 3 rings (SSSR count). The maximum atomic E-state index is 13.9. The van der Waals surface area contributed by atoms with Gasteiger partial charge in [-0.3, -0.25) is 13.9 Å². The lowest BCUT2D eigenvalue weighted by atomic mass is 10.1. The van der Waals surface area contributed by atoms with Gasteiger partial charge in [0.1, 0.15) is 12.6 Å². The topological polar surface area (TPSA) is 86.8 Å². The molecule has 0 bridgehead atoms. The van der Waals surface area contributed by atoms with Crippen LogP contribution in [0, 0.1) is 6.92 Å². The molecule has 3 aromatic rings. The number of anilines is 1. The SMILES string of the molecule is CC[C@H](C(=O)NC)N(Cc1ccccc1Cl)C(=O)CN(c1ccc(C)c(Cl)c1)S(=O)(=O)c1ccccc1. The minimum Gasteiger partial charge on any atom is -0.357 e. The summed E-state index contributed by atoms with van der Waals surface area (Å²) < 4.78 is 28.5. The van der Waals surface area contributed by atoms with Crippen LogP contribution in [0.15, 0.2) is 77.7 Å². The molecule has 0 aliphatic rings. The van der Waals surface area contributed by atoms with Crippen LogP contribution < -0.4 is 9.62 Å². The van der Waals surface area contributed by atoms with Crippen LogP contribution in [0.4, 0.5) is 5.69 Å². The van der Waals surface area contributed by atoms with E-state index in [4.69, 9.17) is 23.2 Å². The number of amides is 2. The van der Waals surface area contributed by atoms with E-state index in [1.54, 1.807) is 68.4 Å². The number of sulfonamides is 1.